The molecule has 2 aromatic heterocycles. The van der Waals surface area contributed by atoms with Gasteiger partial charge in [0, 0.05) is 43.1 Å². The summed E-state index contributed by atoms with van der Waals surface area (Å²) in [6, 6.07) is 6.95. The first kappa shape index (κ1) is 16.6. The number of alkyl halides is 3. The van der Waals surface area contributed by atoms with Gasteiger partial charge in [0.15, 0.2) is 0 Å². The minimum absolute atomic E-state index is 0.0737. The predicted molar refractivity (Wildman–Crippen MR) is 83.6 cm³/mol. The average Bonchev–Trinajstić information content (AvgIpc) is 3.00. The molecule has 0 aliphatic rings. The van der Waals surface area contributed by atoms with E-state index in [0.717, 1.165) is 18.0 Å². The van der Waals surface area contributed by atoms with Crippen molar-refractivity contribution in [1.29, 1.82) is 0 Å². The van der Waals surface area contributed by atoms with Gasteiger partial charge in [0.2, 0.25) is 5.82 Å². The lowest BCUT2D eigenvalue weighted by Gasteiger charge is -2.08. The van der Waals surface area contributed by atoms with Crippen LogP contribution in [0.1, 0.15) is 16.2 Å². The van der Waals surface area contributed by atoms with E-state index in [-0.39, 0.29) is 5.56 Å². The van der Waals surface area contributed by atoms with Crippen molar-refractivity contribution in [2.75, 3.05) is 5.32 Å². The van der Waals surface area contributed by atoms with E-state index < -0.39 is 17.9 Å². The molecule has 0 saturated carbocycles. The second kappa shape index (κ2) is 6.34. The molecule has 6 nitrogen and oxygen atoms in total. The van der Waals surface area contributed by atoms with Crippen LogP contribution in [-0.4, -0.2) is 25.4 Å². The van der Waals surface area contributed by atoms with E-state index in [1.807, 2.05) is 17.7 Å². The largest absolute Gasteiger partial charge is 0.451 e. The fourth-order valence-corrected chi connectivity index (χ4v) is 2.17. The number of rotatable bonds is 3. The van der Waals surface area contributed by atoms with Gasteiger partial charge in [0.1, 0.15) is 5.82 Å². The smallest absolute Gasteiger partial charge is 0.334 e. The van der Waals surface area contributed by atoms with Crippen molar-refractivity contribution >= 4 is 11.6 Å². The molecule has 1 N–H and O–H groups in total. The lowest BCUT2D eigenvalue weighted by Crippen LogP contribution is -2.16. The lowest BCUT2D eigenvalue weighted by molar-refractivity contribution is -0.145. The minimum Gasteiger partial charge on any atom is -0.334 e. The Morgan fingerprint density at radius 1 is 1.16 bits per heavy atom. The highest BCUT2D eigenvalue weighted by molar-refractivity contribution is 6.04. The zero-order valence-electron chi connectivity index (χ0n) is 12.9. The monoisotopic (exact) mass is 347 g/mol. The number of hydrogen-bond donors (Lipinski definition) is 1. The normalized spacial score (nSPS) is 11.4. The van der Waals surface area contributed by atoms with Crippen molar-refractivity contribution < 1.29 is 18.0 Å². The van der Waals surface area contributed by atoms with E-state index in [4.69, 9.17) is 0 Å². The van der Waals surface area contributed by atoms with Gasteiger partial charge in [0.25, 0.3) is 5.91 Å². The molecule has 1 aromatic carbocycles. The van der Waals surface area contributed by atoms with Gasteiger partial charge in [0.05, 0.1) is 5.56 Å². The Morgan fingerprint density at radius 2 is 1.88 bits per heavy atom. The van der Waals surface area contributed by atoms with Crippen LogP contribution in [0.25, 0.3) is 11.4 Å². The van der Waals surface area contributed by atoms with Crippen LogP contribution >= 0.6 is 0 Å². The van der Waals surface area contributed by atoms with Crippen LogP contribution < -0.4 is 5.32 Å². The number of halogens is 3. The summed E-state index contributed by atoms with van der Waals surface area (Å²) in [6.45, 7) is 0. The van der Waals surface area contributed by atoms with Gasteiger partial charge in [-0.25, -0.2) is 15.0 Å². The summed E-state index contributed by atoms with van der Waals surface area (Å²) in [7, 11) is 1.84. The van der Waals surface area contributed by atoms with E-state index in [9.17, 15) is 18.0 Å². The summed E-state index contributed by atoms with van der Waals surface area (Å²) in [4.78, 5) is 22.7. The van der Waals surface area contributed by atoms with Gasteiger partial charge < -0.3 is 9.88 Å². The first-order chi connectivity index (χ1) is 11.8. The van der Waals surface area contributed by atoms with E-state index in [1.54, 1.807) is 30.6 Å². The van der Waals surface area contributed by atoms with Crippen molar-refractivity contribution in [1.82, 2.24) is 19.5 Å². The number of carbonyl (C=O) groups excluding carboxylic acids is 1. The van der Waals surface area contributed by atoms with Crippen LogP contribution in [0.5, 0.6) is 0 Å². The molecule has 0 radical (unpaired) electrons. The van der Waals surface area contributed by atoms with Gasteiger partial charge in [-0.1, -0.05) is 12.1 Å². The maximum Gasteiger partial charge on any atom is 0.451 e. The number of hydrogen-bond acceptors (Lipinski definition) is 4. The Morgan fingerprint density at radius 3 is 2.48 bits per heavy atom. The van der Waals surface area contributed by atoms with Crippen LogP contribution in [0.2, 0.25) is 0 Å². The number of benzene rings is 1. The molecule has 0 saturated heterocycles. The van der Waals surface area contributed by atoms with Gasteiger partial charge >= 0.3 is 6.18 Å². The van der Waals surface area contributed by atoms with Crippen LogP contribution in [0.4, 0.5) is 18.9 Å². The SMILES string of the molecule is Cn1ccnc1-c1cccc(NC(=O)c2cnc(C(F)(F)F)nc2)c1. The Balaban J connectivity index is 1.78. The number of imidazole rings is 1. The maximum atomic E-state index is 12.4. The standard InChI is InChI=1S/C16H12F3N5O/c1-24-6-5-20-13(24)10-3-2-4-12(7-10)23-14(25)11-8-21-15(22-9-11)16(17,18)19/h2-9H,1H3,(H,23,25). The number of nitrogens with zero attached hydrogens (tertiary/aromatic N) is 4. The third kappa shape index (κ3) is 3.65. The zero-order valence-corrected chi connectivity index (χ0v) is 12.9. The first-order valence-electron chi connectivity index (χ1n) is 7.13. The van der Waals surface area contributed by atoms with Gasteiger partial charge in [-0.05, 0) is 12.1 Å². The number of aryl methyl sites for hydroxylation is 1. The molecule has 25 heavy (non-hydrogen) atoms. The number of carbonyl (C=O) groups is 1. The highest BCUT2D eigenvalue weighted by Gasteiger charge is 2.34. The summed E-state index contributed by atoms with van der Waals surface area (Å²) >= 11 is 0. The number of aromatic nitrogens is 4. The summed E-state index contributed by atoms with van der Waals surface area (Å²) < 4.78 is 39.2. The molecule has 0 spiro atoms. The van der Waals surface area contributed by atoms with Crippen LogP contribution in [-0.2, 0) is 13.2 Å². The summed E-state index contributed by atoms with van der Waals surface area (Å²) in [5, 5.41) is 2.60. The molecule has 0 fully saturated rings. The summed E-state index contributed by atoms with van der Waals surface area (Å²) in [5.41, 5.74) is 1.19. The highest BCUT2D eigenvalue weighted by Crippen LogP contribution is 2.25. The fraction of sp³-hybridized carbons (Fsp3) is 0.125. The summed E-state index contributed by atoms with van der Waals surface area (Å²) in [6.07, 6.45) is 0.479. The summed E-state index contributed by atoms with van der Waals surface area (Å²) in [5.74, 6) is -1.18. The van der Waals surface area contributed by atoms with Gasteiger partial charge in [-0.15, -0.1) is 0 Å². The Kier molecular flexibility index (Phi) is 4.22. The number of nitrogens with one attached hydrogen (secondary N) is 1. The molecule has 9 heteroatoms. The molecular formula is C16H12F3N5O. The third-order valence-corrected chi connectivity index (χ3v) is 3.37. The molecule has 2 heterocycles. The molecule has 0 aliphatic heterocycles. The lowest BCUT2D eigenvalue weighted by atomic mass is 10.2. The fourth-order valence-electron chi connectivity index (χ4n) is 2.17. The van der Waals surface area contributed by atoms with Crippen molar-refractivity contribution in [3.8, 4) is 11.4 Å². The number of amides is 1. The number of anilines is 1. The molecule has 3 aromatic rings. The molecule has 0 unspecified atom stereocenters. The molecule has 0 atom stereocenters. The highest BCUT2D eigenvalue weighted by atomic mass is 19.4. The van der Waals surface area contributed by atoms with Crippen molar-refractivity contribution in [3.05, 3.63) is 60.4 Å². The van der Waals surface area contributed by atoms with E-state index in [1.165, 1.54) is 0 Å². The van der Waals surface area contributed by atoms with Crippen molar-refractivity contribution in [2.45, 2.75) is 6.18 Å². The molecule has 3 rings (SSSR count). The van der Waals surface area contributed by atoms with Crippen LogP contribution in [0.3, 0.4) is 0 Å². The Bertz CT molecular complexity index is 903. The molecule has 1 amide bonds. The van der Waals surface area contributed by atoms with E-state index >= 15 is 0 Å². The minimum atomic E-state index is -4.65. The maximum absolute atomic E-state index is 12.4. The van der Waals surface area contributed by atoms with Crippen molar-refractivity contribution in [2.24, 2.45) is 7.05 Å². The Hall–Kier alpha value is -3.23. The van der Waals surface area contributed by atoms with E-state index in [2.05, 4.69) is 20.3 Å². The Labute approximate surface area is 140 Å². The van der Waals surface area contributed by atoms with Gasteiger partial charge in [-0.3, -0.25) is 4.79 Å². The van der Waals surface area contributed by atoms with Gasteiger partial charge in [-0.2, -0.15) is 13.2 Å². The third-order valence-electron chi connectivity index (χ3n) is 3.37. The molecular weight excluding hydrogens is 335 g/mol. The zero-order chi connectivity index (χ0) is 18.0. The second-order valence-corrected chi connectivity index (χ2v) is 5.19. The quantitative estimate of drug-likeness (QED) is 0.790. The van der Waals surface area contributed by atoms with E-state index in [0.29, 0.717) is 11.5 Å². The second-order valence-electron chi connectivity index (χ2n) is 5.19. The topological polar surface area (TPSA) is 72.7 Å². The van der Waals surface area contributed by atoms with Crippen molar-refractivity contribution in [3.63, 3.8) is 0 Å². The van der Waals surface area contributed by atoms with Crippen LogP contribution in [0, 0.1) is 0 Å². The van der Waals surface area contributed by atoms with Crippen LogP contribution in [0.15, 0.2) is 49.1 Å². The first-order valence-corrected chi connectivity index (χ1v) is 7.13. The molecule has 0 aliphatic carbocycles. The molecule has 0 bridgehead atoms. The predicted octanol–water partition coefficient (Wildman–Crippen LogP) is 3.15. The molecule has 128 valence electrons. The average molecular weight is 347 g/mol.